The molecule has 6 heteroatoms. The number of rotatable bonds is 5. The average Bonchev–Trinajstić information content (AvgIpc) is 2.47. The zero-order valence-electron chi connectivity index (χ0n) is 12.0. The first-order chi connectivity index (χ1) is 10.5. The molecule has 2 aromatic rings. The normalized spacial score (nSPS) is 11.7. The largest absolute Gasteiger partial charge is 0.349 e. The van der Waals surface area contributed by atoms with Gasteiger partial charge in [-0.15, -0.1) is 0 Å². The Kier molecular flexibility index (Phi) is 5.12. The Hall–Kier alpha value is -2.40. The lowest BCUT2D eigenvalue weighted by Crippen LogP contribution is -2.28. The summed E-state index contributed by atoms with van der Waals surface area (Å²) in [5.41, 5.74) is 1.22. The Morgan fingerprint density at radius 1 is 1.27 bits per heavy atom. The summed E-state index contributed by atoms with van der Waals surface area (Å²) in [5.74, 6) is -0.276. The first kappa shape index (κ1) is 16.0. The molecule has 22 heavy (non-hydrogen) atoms. The maximum absolute atomic E-state index is 12.1. The van der Waals surface area contributed by atoms with E-state index in [9.17, 15) is 14.9 Å². The molecule has 0 aliphatic carbocycles. The molecule has 2 aromatic carbocycles. The highest BCUT2D eigenvalue weighted by Crippen LogP contribution is 2.20. The van der Waals surface area contributed by atoms with E-state index in [4.69, 9.17) is 11.6 Å². The van der Waals surface area contributed by atoms with E-state index in [2.05, 4.69) is 5.32 Å². The molecule has 114 valence electrons. The molecule has 2 rings (SSSR count). The van der Waals surface area contributed by atoms with Crippen molar-refractivity contribution in [2.45, 2.75) is 19.4 Å². The molecule has 0 bridgehead atoms. The number of nitrogens with zero attached hydrogens (tertiary/aromatic N) is 1. The van der Waals surface area contributed by atoms with Crippen molar-refractivity contribution in [1.29, 1.82) is 0 Å². The quantitative estimate of drug-likeness (QED) is 0.675. The van der Waals surface area contributed by atoms with Crippen molar-refractivity contribution in [3.05, 3.63) is 74.8 Å². The molecule has 0 aliphatic rings. The molecule has 0 unspecified atom stereocenters. The van der Waals surface area contributed by atoms with E-state index in [1.165, 1.54) is 6.07 Å². The van der Waals surface area contributed by atoms with E-state index in [-0.39, 0.29) is 24.1 Å². The van der Waals surface area contributed by atoms with Crippen molar-refractivity contribution in [1.82, 2.24) is 5.32 Å². The van der Waals surface area contributed by atoms with Crippen molar-refractivity contribution in [3.8, 4) is 0 Å². The zero-order valence-corrected chi connectivity index (χ0v) is 12.7. The van der Waals surface area contributed by atoms with E-state index < -0.39 is 4.92 Å². The van der Waals surface area contributed by atoms with Crippen LogP contribution in [0.2, 0.25) is 5.02 Å². The summed E-state index contributed by atoms with van der Waals surface area (Å²) in [5, 5.41) is 14.4. The van der Waals surface area contributed by atoms with Gasteiger partial charge in [0.05, 0.1) is 17.4 Å². The number of nitrogens with one attached hydrogen (secondary N) is 1. The van der Waals surface area contributed by atoms with Gasteiger partial charge in [0.1, 0.15) is 0 Å². The third-order valence-corrected chi connectivity index (χ3v) is 3.50. The zero-order chi connectivity index (χ0) is 16.1. The minimum absolute atomic E-state index is 0.0396. The third-order valence-electron chi connectivity index (χ3n) is 3.27. The topological polar surface area (TPSA) is 72.2 Å². The van der Waals surface area contributed by atoms with Crippen molar-refractivity contribution in [2.24, 2.45) is 0 Å². The SMILES string of the molecule is C[C@@H](NC(=O)Cc1ccccc1[N+](=O)[O-])c1cccc(Cl)c1. The second-order valence-electron chi connectivity index (χ2n) is 4.91. The van der Waals surface area contributed by atoms with Crippen molar-refractivity contribution in [3.63, 3.8) is 0 Å². The van der Waals surface area contributed by atoms with Crippen LogP contribution in [0, 0.1) is 10.1 Å². The highest BCUT2D eigenvalue weighted by molar-refractivity contribution is 6.30. The molecule has 0 saturated carbocycles. The molecular formula is C16H15ClN2O3. The predicted octanol–water partition coefficient (Wildman–Crippen LogP) is 3.67. The second kappa shape index (κ2) is 7.04. The van der Waals surface area contributed by atoms with E-state index in [1.54, 1.807) is 30.3 Å². The van der Waals surface area contributed by atoms with Gasteiger partial charge < -0.3 is 5.32 Å². The third kappa shape index (κ3) is 4.05. The lowest BCUT2D eigenvalue weighted by atomic mass is 10.1. The minimum Gasteiger partial charge on any atom is -0.349 e. The molecular weight excluding hydrogens is 304 g/mol. The predicted molar refractivity (Wildman–Crippen MR) is 84.8 cm³/mol. The van der Waals surface area contributed by atoms with Crippen LogP contribution in [-0.4, -0.2) is 10.8 Å². The fraction of sp³-hybridized carbons (Fsp3) is 0.188. The van der Waals surface area contributed by atoms with Gasteiger partial charge in [0.25, 0.3) is 5.69 Å². The molecule has 1 atom stereocenters. The Morgan fingerprint density at radius 2 is 2.00 bits per heavy atom. The summed E-state index contributed by atoms with van der Waals surface area (Å²) in [4.78, 5) is 22.5. The summed E-state index contributed by atoms with van der Waals surface area (Å²) >= 11 is 5.92. The minimum atomic E-state index is -0.483. The summed E-state index contributed by atoms with van der Waals surface area (Å²) < 4.78 is 0. The van der Waals surface area contributed by atoms with Gasteiger partial charge in [-0.05, 0) is 24.6 Å². The maximum Gasteiger partial charge on any atom is 0.273 e. The molecule has 0 heterocycles. The second-order valence-corrected chi connectivity index (χ2v) is 5.34. The highest BCUT2D eigenvalue weighted by atomic mass is 35.5. The Bertz CT molecular complexity index is 703. The average molecular weight is 319 g/mol. The summed E-state index contributed by atoms with van der Waals surface area (Å²) in [6.45, 7) is 1.84. The number of hydrogen-bond acceptors (Lipinski definition) is 3. The fourth-order valence-corrected chi connectivity index (χ4v) is 2.36. The van der Waals surface area contributed by atoms with Crippen LogP contribution < -0.4 is 5.32 Å². The van der Waals surface area contributed by atoms with Gasteiger partial charge in [-0.25, -0.2) is 0 Å². The molecule has 1 amide bonds. The van der Waals surface area contributed by atoms with Crippen molar-refractivity contribution >= 4 is 23.2 Å². The number of nitro groups is 1. The maximum atomic E-state index is 12.1. The number of amides is 1. The fourth-order valence-electron chi connectivity index (χ4n) is 2.16. The van der Waals surface area contributed by atoms with Crippen LogP contribution >= 0.6 is 11.6 Å². The number of hydrogen-bond donors (Lipinski definition) is 1. The summed E-state index contributed by atoms with van der Waals surface area (Å²) in [7, 11) is 0. The van der Waals surface area contributed by atoms with Gasteiger partial charge in [0.2, 0.25) is 5.91 Å². The van der Waals surface area contributed by atoms with Gasteiger partial charge in [0, 0.05) is 16.7 Å². The summed E-state index contributed by atoms with van der Waals surface area (Å²) in [6.07, 6.45) is -0.0396. The van der Waals surface area contributed by atoms with E-state index >= 15 is 0 Å². The van der Waals surface area contributed by atoms with Crippen LogP contribution in [0.15, 0.2) is 48.5 Å². The Morgan fingerprint density at radius 3 is 2.68 bits per heavy atom. The van der Waals surface area contributed by atoms with Gasteiger partial charge in [-0.1, -0.05) is 41.9 Å². The van der Waals surface area contributed by atoms with Crippen LogP contribution in [0.25, 0.3) is 0 Å². The van der Waals surface area contributed by atoms with Crippen LogP contribution in [0.1, 0.15) is 24.1 Å². The number of halogens is 1. The Labute approximate surface area is 133 Å². The molecule has 1 N–H and O–H groups in total. The van der Waals surface area contributed by atoms with Crippen molar-refractivity contribution in [2.75, 3.05) is 0 Å². The van der Waals surface area contributed by atoms with Crippen LogP contribution in [0.5, 0.6) is 0 Å². The molecule has 0 spiro atoms. The number of para-hydroxylation sites is 1. The molecule has 0 aliphatic heterocycles. The van der Waals surface area contributed by atoms with E-state index in [0.717, 1.165) is 5.56 Å². The lowest BCUT2D eigenvalue weighted by molar-refractivity contribution is -0.385. The van der Waals surface area contributed by atoms with Crippen molar-refractivity contribution < 1.29 is 9.72 Å². The number of benzene rings is 2. The smallest absolute Gasteiger partial charge is 0.273 e. The monoisotopic (exact) mass is 318 g/mol. The molecule has 0 saturated heterocycles. The number of carbonyl (C=O) groups is 1. The first-order valence-electron chi connectivity index (χ1n) is 6.74. The Balaban J connectivity index is 2.06. The molecule has 0 fully saturated rings. The lowest BCUT2D eigenvalue weighted by Gasteiger charge is -2.14. The summed E-state index contributed by atoms with van der Waals surface area (Å²) in [6, 6.07) is 13.2. The van der Waals surface area contributed by atoms with Gasteiger partial charge in [-0.3, -0.25) is 14.9 Å². The van der Waals surface area contributed by atoms with Gasteiger partial charge in [0.15, 0.2) is 0 Å². The highest BCUT2D eigenvalue weighted by Gasteiger charge is 2.17. The van der Waals surface area contributed by atoms with Gasteiger partial charge >= 0.3 is 0 Å². The van der Waals surface area contributed by atoms with E-state index in [0.29, 0.717) is 10.6 Å². The van der Waals surface area contributed by atoms with Crippen LogP contribution in [-0.2, 0) is 11.2 Å². The molecule has 5 nitrogen and oxygen atoms in total. The number of nitro benzene ring substituents is 1. The molecule has 0 aromatic heterocycles. The standard InChI is InChI=1S/C16H15ClN2O3/c1-11(12-6-4-7-14(17)9-12)18-16(20)10-13-5-2-3-8-15(13)19(21)22/h2-9,11H,10H2,1H3,(H,18,20)/t11-/m1/s1. The first-order valence-corrected chi connectivity index (χ1v) is 7.12. The van der Waals surface area contributed by atoms with E-state index in [1.807, 2.05) is 19.1 Å². The number of carbonyl (C=O) groups excluding carboxylic acids is 1. The van der Waals surface area contributed by atoms with Crippen LogP contribution in [0.4, 0.5) is 5.69 Å². The van der Waals surface area contributed by atoms with Gasteiger partial charge in [-0.2, -0.15) is 0 Å². The molecule has 0 radical (unpaired) electrons. The van der Waals surface area contributed by atoms with Crippen LogP contribution in [0.3, 0.4) is 0 Å².